The maximum absolute atomic E-state index is 13.2. The molecule has 0 atom stereocenters. The lowest BCUT2D eigenvalue weighted by molar-refractivity contribution is 0.475. The largest absolute Gasteiger partial charge is 0.508 e. The van der Waals surface area contributed by atoms with Gasteiger partial charge in [-0.15, -0.1) is 0 Å². The summed E-state index contributed by atoms with van der Waals surface area (Å²) in [6.45, 7) is 0. The lowest BCUT2D eigenvalue weighted by Crippen LogP contribution is -2.14. The first kappa shape index (κ1) is 21.5. The van der Waals surface area contributed by atoms with Crippen molar-refractivity contribution in [3.63, 3.8) is 0 Å². The maximum atomic E-state index is 13.2. The quantitative estimate of drug-likeness (QED) is 0.381. The van der Waals surface area contributed by atoms with Gasteiger partial charge in [0.2, 0.25) is 0 Å². The molecule has 32 heavy (non-hydrogen) atoms. The zero-order chi connectivity index (χ0) is 22.7. The smallest absolute Gasteiger partial charge is 0.262 e. The molecule has 0 saturated carbocycles. The summed E-state index contributed by atoms with van der Waals surface area (Å²) >= 11 is 0. The molecule has 0 fully saturated rings. The first-order valence-corrected chi connectivity index (χ1v) is 11.6. The SMILES string of the molecule is CN(C)c1cccc2c(S(=O)(=O)Nc3ccc(C=Cc4ccc(O)cc4)cc3)cccc12. The zero-order valence-corrected chi connectivity index (χ0v) is 18.7. The van der Waals surface area contributed by atoms with Gasteiger partial charge in [0.1, 0.15) is 5.75 Å². The van der Waals surface area contributed by atoms with Gasteiger partial charge in [0.15, 0.2) is 0 Å². The van der Waals surface area contributed by atoms with Crippen LogP contribution in [0, 0.1) is 0 Å². The normalized spacial score (nSPS) is 11.7. The summed E-state index contributed by atoms with van der Waals surface area (Å²) < 4.78 is 29.0. The zero-order valence-electron chi connectivity index (χ0n) is 17.9. The van der Waals surface area contributed by atoms with Gasteiger partial charge in [-0.1, -0.05) is 60.7 Å². The van der Waals surface area contributed by atoms with Crippen molar-refractivity contribution in [1.29, 1.82) is 0 Å². The Kier molecular flexibility index (Phi) is 5.88. The van der Waals surface area contributed by atoms with Gasteiger partial charge in [0, 0.05) is 36.2 Å². The number of sulfonamides is 1. The van der Waals surface area contributed by atoms with Gasteiger partial charge in [-0.25, -0.2) is 8.42 Å². The Balaban J connectivity index is 1.58. The molecular formula is C26H24N2O3S. The van der Waals surface area contributed by atoms with Crippen LogP contribution in [0.25, 0.3) is 22.9 Å². The van der Waals surface area contributed by atoms with Crippen LogP contribution in [0.1, 0.15) is 11.1 Å². The van der Waals surface area contributed by atoms with Crippen LogP contribution >= 0.6 is 0 Å². The van der Waals surface area contributed by atoms with Crippen molar-refractivity contribution in [2.45, 2.75) is 4.90 Å². The van der Waals surface area contributed by atoms with Crippen molar-refractivity contribution in [2.24, 2.45) is 0 Å². The molecule has 0 unspecified atom stereocenters. The molecular weight excluding hydrogens is 420 g/mol. The van der Waals surface area contributed by atoms with Crippen molar-refractivity contribution in [2.75, 3.05) is 23.7 Å². The van der Waals surface area contributed by atoms with Gasteiger partial charge in [0.25, 0.3) is 10.0 Å². The molecule has 4 aromatic rings. The minimum atomic E-state index is -3.76. The summed E-state index contributed by atoms with van der Waals surface area (Å²) in [5.74, 6) is 0.225. The molecule has 0 saturated heterocycles. The van der Waals surface area contributed by atoms with E-state index in [1.165, 1.54) is 0 Å². The highest BCUT2D eigenvalue weighted by Crippen LogP contribution is 2.31. The molecule has 0 aliphatic rings. The molecule has 0 aromatic heterocycles. The van der Waals surface area contributed by atoms with E-state index in [4.69, 9.17) is 0 Å². The van der Waals surface area contributed by atoms with Crippen molar-refractivity contribution < 1.29 is 13.5 Å². The number of nitrogens with zero attached hydrogens (tertiary/aromatic N) is 1. The summed E-state index contributed by atoms with van der Waals surface area (Å²) in [7, 11) is 0.108. The number of anilines is 2. The van der Waals surface area contributed by atoms with Gasteiger partial charge >= 0.3 is 0 Å². The highest BCUT2D eigenvalue weighted by molar-refractivity contribution is 7.93. The second kappa shape index (κ2) is 8.77. The summed E-state index contributed by atoms with van der Waals surface area (Å²) in [4.78, 5) is 2.21. The molecule has 2 N–H and O–H groups in total. The predicted molar refractivity (Wildman–Crippen MR) is 133 cm³/mol. The van der Waals surface area contributed by atoms with Gasteiger partial charge < -0.3 is 10.0 Å². The van der Waals surface area contributed by atoms with Gasteiger partial charge in [-0.2, -0.15) is 0 Å². The third kappa shape index (κ3) is 4.60. The third-order valence-electron chi connectivity index (χ3n) is 5.15. The third-order valence-corrected chi connectivity index (χ3v) is 6.59. The Labute approximate surface area is 188 Å². The van der Waals surface area contributed by atoms with E-state index >= 15 is 0 Å². The average molecular weight is 445 g/mol. The number of rotatable bonds is 6. The fourth-order valence-electron chi connectivity index (χ4n) is 3.54. The second-order valence-corrected chi connectivity index (χ2v) is 9.33. The Bertz CT molecular complexity index is 1380. The molecule has 0 amide bonds. The number of benzene rings is 4. The topological polar surface area (TPSA) is 69.6 Å². The Morgan fingerprint density at radius 2 is 1.31 bits per heavy atom. The molecule has 6 heteroatoms. The average Bonchev–Trinajstić information content (AvgIpc) is 2.78. The molecule has 162 valence electrons. The molecule has 0 radical (unpaired) electrons. The maximum Gasteiger partial charge on any atom is 0.262 e. The molecule has 5 nitrogen and oxygen atoms in total. The summed E-state index contributed by atoms with van der Waals surface area (Å²) in [5, 5.41) is 10.9. The molecule has 0 heterocycles. The fourth-order valence-corrected chi connectivity index (χ4v) is 4.82. The molecule has 0 aliphatic heterocycles. The molecule has 4 rings (SSSR count). The van der Waals surface area contributed by atoms with Crippen LogP contribution in [0.3, 0.4) is 0 Å². The Hall–Kier alpha value is -3.77. The minimum absolute atomic E-state index is 0.225. The van der Waals surface area contributed by atoms with E-state index in [2.05, 4.69) is 4.72 Å². The number of hydrogen-bond donors (Lipinski definition) is 2. The molecule has 0 bridgehead atoms. The lowest BCUT2D eigenvalue weighted by atomic mass is 10.1. The Morgan fingerprint density at radius 3 is 1.94 bits per heavy atom. The number of nitrogens with one attached hydrogen (secondary N) is 1. The minimum Gasteiger partial charge on any atom is -0.508 e. The van der Waals surface area contributed by atoms with Gasteiger partial charge in [-0.05, 0) is 47.5 Å². The number of aromatic hydroxyl groups is 1. The molecule has 4 aromatic carbocycles. The second-order valence-electron chi connectivity index (χ2n) is 7.68. The van der Waals surface area contributed by atoms with Gasteiger partial charge in [-0.3, -0.25) is 4.72 Å². The predicted octanol–water partition coefficient (Wildman–Crippen LogP) is 5.58. The molecule has 0 spiro atoms. The van der Waals surface area contributed by atoms with Crippen LogP contribution in [0.15, 0.2) is 89.8 Å². The number of phenolic OH excluding ortho intramolecular Hbond substituents is 1. The highest BCUT2D eigenvalue weighted by atomic mass is 32.2. The van der Waals surface area contributed by atoms with Crippen LogP contribution in [-0.2, 0) is 10.0 Å². The van der Waals surface area contributed by atoms with E-state index in [9.17, 15) is 13.5 Å². The number of phenols is 1. The van der Waals surface area contributed by atoms with Crippen LogP contribution in [0.2, 0.25) is 0 Å². The lowest BCUT2D eigenvalue weighted by Gasteiger charge is -2.17. The van der Waals surface area contributed by atoms with Crippen molar-refractivity contribution >= 4 is 44.3 Å². The van der Waals surface area contributed by atoms with E-state index in [0.717, 1.165) is 22.2 Å². The van der Waals surface area contributed by atoms with Crippen molar-refractivity contribution in [1.82, 2.24) is 0 Å². The number of hydrogen-bond acceptors (Lipinski definition) is 4. The first-order chi connectivity index (χ1) is 15.3. The molecule has 0 aliphatic carbocycles. The van der Waals surface area contributed by atoms with Crippen LogP contribution in [-0.4, -0.2) is 27.6 Å². The fraction of sp³-hybridized carbons (Fsp3) is 0.0769. The standard InChI is InChI=1S/C26H24N2O3S/c1-28(2)25-7-3-6-24-23(25)5-4-8-26(24)32(30,31)27-21-15-11-19(12-16-21)9-10-20-13-17-22(29)18-14-20/h3-18,27,29H,1-2H3. The van der Waals surface area contributed by atoms with Gasteiger partial charge in [0.05, 0.1) is 4.90 Å². The van der Waals surface area contributed by atoms with E-state index < -0.39 is 10.0 Å². The van der Waals surface area contributed by atoms with Crippen LogP contribution in [0.5, 0.6) is 5.75 Å². The number of fused-ring (bicyclic) bond motifs is 1. The summed E-state index contributed by atoms with van der Waals surface area (Å²) in [6.07, 6.45) is 3.86. The van der Waals surface area contributed by atoms with E-state index in [-0.39, 0.29) is 10.6 Å². The van der Waals surface area contributed by atoms with Crippen LogP contribution < -0.4 is 9.62 Å². The van der Waals surface area contributed by atoms with E-state index in [1.807, 2.05) is 79.7 Å². The monoisotopic (exact) mass is 444 g/mol. The van der Waals surface area contributed by atoms with Crippen LogP contribution in [0.4, 0.5) is 11.4 Å². The van der Waals surface area contributed by atoms with Crippen molar-refractivity contribution in [3.8, 4) is 5.75 Å². The summed E-state index contributed by atoms with van der Waals surface area (Å²) in [6, 6.07) is 25.1. The van der Waals surface area contributed by atoms with Crippen molar-refractivity contribution in [3.05, 3.63) is 96.1 Å². The van der Waals surface area contributed by atoms with E-state index in [1.54, 1.807) is 36.4 Å². The summed E-state index contributed by atoms with van der Waals surface area (Å²) in [5.41, 5.74) is 3.35. The highest BCUT2D eigenvalue weighted by Gasteiger charge is 2.18. The van der Waals surface area contributed by atoms with E-state index in [0.29, 0.717) is 11.1 Å². The first-order valence-electron chi connectivity index (χ1n) is 10.1. The Morgan fingerprint density at radius 1 is 0.750 bits per heavy atom.